The summed E-state index contributed by atoms with van der Waals surface area (Å²) >= 11 is 1.45. The molecule has 12 heteroatoms. The van der Waals surface area contributed by atoms with Crippen LogP contribution in [0.15, 0.2) is 4.79 Å². The quantitative estimate of drug-likeness (QED) is 0.296. The molecule has 1 aliphatic heterocycles. The van der Waals surface area contributed by atoms with Gasteiger partial charge in [-0.2, -0.15) is 4.68 Å². The average molecular weight is 409 g/mol. The summed E-state index contributed by atoms with van der Waals surface area (Å²) in [5.41, 5.74) is 0.606. The van der Waals surface area contributed by atoms with Crippen molar-refractivity contribution in [3.63, 3.8) is 0 Å². The van der Waals surface area contributed by atoms with Gasteiger partial charge in [0.1, 0.15) is 35.4 Å². The van der Waals surface area contributed by atoms with Gasteiger partial charge in [0.15, 0.2) is 5.82 Å². The second kappa shape index (κ2) is 6.20. The van der Waals surface area contributed by atoms with E-state index in [0.717, 1.165) is 34.4 Å². The first-order chi connectivity index (χ1) is 13.4. The highest BCUT2D eigenvalue weighted by molar-refractivity contribution is 7.19. The number of thiophene rings is 1. The summed E-state index contributed by atoms with van der Waals surface area (Å²) in [4.78, 5) is 14.5. The van der Waals surface area contributed by atoms with Gasteiger partial charge >= 0.3 is 0 Å². The molecule has 3 aromatic heterocycles. The molecule has 1 unspecified atom stereocenters. The van der Waals surface area contributed by atoms with Crippen molar-refractivity contribution in [2.75, 3.05) is 12.4 Å². The van der Waals surface area contributed by atoms with Crippen LogP contribution in [0.1, 0.15) is 28.8 Å². The van der Waals surface area contributed by atoms with Gasteiger partial charge in [-0.05, 0) is 24.8 Å². The van der Waals surface area contributed by atoms with E-state index in [1.807, 2.05) is 0 Å². The van der Waals surface area contributed by atoms with Crippen LogP contribution in [0.4, 0.5) is 0 Å². The predicted octanol–water partition coefficient (Wildman–Crippen LogP) is -2.18. The zero-order valence-corrected chi connectivity index (χ0v) is 15.4. The summed E-state index contributed by atoms with van der Waals surface area (Å²) in [5.74, 6) is 6.18. The smallest absolute Gasteiger partial charge is 0.282 e. The van der Waals surface area contributed by atoms with Crippen molar-refractivity contribution in [1.29, 1.82) is 0 Å². The van der Waals surface area contributed by atoms with Gasteiger partial charge < -0.3 is 31.0 Å². The monoisotopic (exact) mass is 409 g/mol. The molecule has 11 nitrogen and oxygen atoms in total. The number of rotatable bonds is 2. The topological polar surface area (TPSA) is 168 Å². The fourth-order valence-corrected chi connectivity index (χ4v) is 5.50. The molecular formula is C16H19N5O6S. The van der Waals surface area contributed by atoms with Crippen molar-refractivity contribution >= 4 is 27.3 Å². The SMILES string of the molecule is Nn1c(=O)c2c3c(sc2n2c(C4O[C@H](CO)[C@@H](O)[C@H](O)[C@H]4O)nnc12)CCC3. The largest absolute Gasteiger partial charge is 0.394 e. The van der Waals surface area contributed by atoms with E-state index >= 15 is 0 Å². The first-order valence-electron chi connectivity index (χ1n) is 8.94. The van der Waals surface area contributed by atoms with Gasteiger partial charge in [0, 0.05) is 4.88 Å². The number of nitrogens with zero attached hydrogens (tertiary/aromatic N) is 4. The third kappa shape index (κ3) is 2.24. The molecule has 4 heterocycles. The lowest BCUT2D eigenvalue weighted by Crippen LogP contribution is -2.55. The molecule has 0 amide bonds. The van der Waals surface area contributed by atoms with Crippen LogP contribution in [0.5, 0.6) is 0 Å². The van der Waals surface area contributed by atoms with Gasteiger partial charge in [0.2, 0.25) is 0 Å². The molecule has 150 valence electrons. The van der Waals surface area contributed by atoms with Crippen LogP contribution in [-0.2, 0) is 17.6 Å². The molecule has 3 aromatic rings. The minimum absolute atomic E-state index is 0.0735. The average Bonchev–Trinajstić information content (AvgIpc) is 3.38. The molecule has 0 spiro atoms. The highest BCUT2D eigenvalue weighted by Gasteiger charge is 2.46. The molecule has 0 aromatic carbocycles. The minimum Gasteiger partial charge on any atom is -0.394 e. The molecule has 1 aliphatic carbocycles. The first kappa shape index (κ1) is 18.0. The standard InChI is InChI=1S/C16H19N5O6S/c17-21-14(26)8-5-2-1-3-7(5)28-15(8)20-13(18-19-16(20)21)12-11(25)10(24)9(23)6(4-22)27-12/h6,9-12,22-25H,1-4,17H2/t6-,9-,10+,11-,12?/m1/s1. The van der Waals surface area contributed by atoms with E-state index in [2.05, 4.69) is 10.2 Å². The molecule has 1 fully saturated rings. The molecule has 5 atom stereocenters. The van der Waals surface area contributed by atoms with Crippen LogP contribution < -0.4 is 11.4 Å². The maximum absolute atomic E-state index is 12.8. The van der Waals surface area contributed by atoms with Crippen molar-refractivity contribution in [2.45, 2.75) is 49.8 Å². The Labute approximate surface area is 161 Å². The normalized spacial score (nSPS) is 30.4. The number of ether oxygens (including phenoxy) is 1. The Morgan fingerprint density at radius 1 is 1.18 bits per heavy atom. The molecule has 1 saturated heterocycles. The Bertz CT molecular complexity index is 1140. The Hall–Kier alpha value is -2.09. The summed E-state index contributed by atoms with van der Waals surface area (Å²) < 4.78 is 8.08. The van der Waals surface area contributed by atoms with Crippen LogP contribution in [0.3, 0.4) is 0 Å². The number of aliphatic hydroxyl groups excluding tert-OH is 4. The van der Waals surface area contributed by atoms with Gasteiger partial charge in [0.05, 0.1) is 12.0 Å². The van der Waals surface area contributed by atoms with Gasteiger partial charge in [-0.15, -0.1) is 21.5 Å². The van der Waals surface area contributed by atoms with Gasteiger partial charge in [-0.3, -0.25) is 9.20 Å². The van der Waals surface area contributed by atoms with Crippen molar-refractivity contribution in [3.05, 3.63) is 26.6 Å². The molecular weight excluding hydrogens is 390 g/mol. The minimum atomic E-state index is -1.55. The van der Waals surface area contributed by atoms with Crippen molar-refractivity contribution in [3.8, 4) is 0 Å². The van der Waals surface area contributed by atoms with E-state index in [-0.39, 0.29) is 17.2 Å². The zero-order valence-electron chi connectivity index (χ0n) is 14.6. The molecule has 0 radical (unpaired) electrons. The maximum atomic E-state index is 12.8. The summed E-state index contributed by atoms with van der Waals surface area (Å²) in [6.45, 7) is -0.553. The summed E-state index contributed by atoms with van der Waals surface area (Å²) in [6.07, 6.45) is -4.16. The van der Waals surface area contributed by atoms with Crippen LogP contribution >= 0.6 is 11.3 Å². The number of aliphatic hydroxyl groups is 4. The number of hydrogen-bond acceptors (Lipinski definition) is 10. The van der Waals surface area contributed by atoms with E-state index in [0.29, 0.717) is 10.2 Å². The van der Waals surface area contributed by atoms with E-state index in [1.54, 1.807) is 4.40 Å². The number of nitrogen functional groups attached to an aromatic ring is 1. The first-order valence-corrected chi connectivity index (χ1v) is 9.75. The molecule has 0 saturated carbocycles. The fourth-order valence-electron chi connectivity index (χ4n) is 4.12. The van der Waals surface area contributed by atoms with Crippen molar-refractivity contribution < 1.29 is 25.2 Å². The third-order valence-electron chi connectivity index (χ3n) is 5.57. The number of hydrogen-bond donors (Lipinski definition) is 5. The summed E-state index contributed by atoms with van der Waals surface area (Å²) in [5, 5.41) is 48.6. The van der Waals surface area contributed by atoms with Crippen molar-refractivity contribution in [1.82, 2.24) is 19.3 Å². The molecule has 0 bridgehead atoms. The van der Waals surface area contributed by atoms with Crippen LogP contribution in [0, 0.1) is 0 Å². The summed E-state index contributed by atoms with van der Waals surface area (Å²) in [7, 11) is 0. The molecule has 28 heavy (non-hydrogen) atoms. The van der Waals surface area contributed by atoms with Gasteiger partial charge in [0.25, 0.3) is 11.3 Å². The Morgan fingerprint density at radius 3 is 2.71 bits per heavy atom. The lowest BCUT2D eigenvalue weighted by atomic mass is 9.95. The Kier molecular flexibility index (Phi) is 3.98. The fraction of sp³-hybridized carbons (Fsp3) is 0.562. The number of aromatic nitrogens is 4. The van der Waals surface area contributed by atoms with Crippen LogP contribution in [0.25, 0.3) is 16.0 Å². The van der Waals surface area contributed by atoms with Crippen LogP contribution in [0.2, 0.25) is 0 Å². The lowest BCUT2D eigenvalue weighted by Gasteiger charge is -2.39. The van der Waals surface area contributed by atoms with Gasteiger partial charge in [-0.1, -0.05) is 0 Å². The highest BCUT2D eigenvalue weighted by Crippen LogP contribution is 2.38. The number of fused-ring (bicyclic) bond motifs is 5. The van der Waals surface area contributed by atoms with Crippen LogP contribution in [-0.4, -0.2) is 70.7 Å². The van der Waals surface area contributed by atoms with E-state index in [4.69, 9.17) is 10.6 Å². The van der Waals surface area contributed by atoms with E-state index in [1.165, 1.54) is 11.3 Å². The summed E-state index contributed by atoms with van der Waals surface area (Å²) in [6, 6.07) is 0. The lowest BCUT2D eigenvalue weighted by molar-refractivity contribution is -0.233. The van der Waals surface area contributed by atoms with Gasteiger partial charge in [-0.25, -0.2) is 0 Å². The maximum Gasteiger partial charge on any atom is 0.282 e. The highest BCUT2D eigenvalue weighted by atomic mass is 32.1. The zero-order chi connectivity index (χ0) is 19.7. The molecule has 2 aliphatic rings. The molecule has 6 N–H and O–H groups in total. The predicted molar refractivity (Wildman–Crippen MR) is 97.5 cm³/mol. The van der Waals surface area contributed by atoms with E-state index < -0.39 is 37.1 Å². The number of aryl methyl sites for hydroxylation is 2. The van der Waals surface area contributed by atoms with E-state index in [9.17, 15) is 25.2 Å². The van der Waals surface area contributed by atoms with Crippen molar-refractivity contribution in [2.24, 2.45) is 0 Å². The third-order valence-corrected chi connectivity index (χ3v) is 6.85. The second-order valence-electron chi connectivity index (χ2n) is 7.16. The second-order valence-corrected chi connectivity index (χ2v) is 8.24. The Morgan fingerprint density at radius 2 is 1.96 bits per heavy atom. The Balaban J connectivity index is 1.76. The number of nitrogens with two attached hydrogens (primary N) is 1. The molecule has 5 rings (SSSR count).